The number of aryl methyl sites for hydroxylation is 2. The highest BCUT2D eigenvalue weighted by Gasteiger charge is 2.36. The highest BCUT2D eigenvalue weighted by Crippen LogP contribution is 2.51. The van der Waals surface area contributed by atoms with E-state index in [4.69, 9.17) is 4.74 Å². The molecule has 0 aliphatic carbocycles. The Hall–Kier alpha value is -3.75. The molecule has 3 heterocycles. The summed E-state index contributed by atoms with van der Waals surface area (Å²) in [6.45, 7) is 5.88. The SMILES string of the molecule is CCc1cccnc1-c1ccc2c(c1)Oc1ccc(-c3ncccc3CC)cc1N2C(CC)S(=O)(=O)O. The average molecular weight is 516 g/mol. The molecule has 0 bridgehead atoms. The summed E-state index contributed by atoms with van der Waals surface area (Å²) in [5.41, 5.74) is 6.70. The number of anilines is 2. The first-order chi connectivity index (χ1) is 17.9. The molecule has 0 saturated heterocycles. The lowest BCUT2D eigenvalue weighted by Crippen LogP contribution is -2.38. The number of nitrogens with zero attached hydrogens (tertiary/aromatic N) is 3. The van der Waals surface area contributed by atoms with Crippen LogP contribution in [0.2, 0.25) is 0 Å². The van der Waals surface area contributed by atoms with Crippen LogP contribution < -0.4 is 9.64 Å². The second kappa shape index (κ2) is 9.95. The van der Waals surface area contributed by atoms with Crippen LogP contribution in [0.25, 0.3) is 22.5 Å². The fourth-order valence-electron chi connectivity index (χ4n) is 4.93. The summed E-state index contributed by atoms with van der Waals surface area (Å²) in [6, 6.07) is 19.2. The van der Waals surface area contributed by atoms with Gasteiger partial charge in [0.05, 0.1) is 22.8 Å². The highest BCUT2D eigenvalue weighted by atomic mass is 32.2. The number of ether oxygens (including phenoxy) is 1. The number of benzene rings is 2. The summed E-state index contributed by atoms with van der Waals surface area (Å²) in [7, 11) is -4.42. The minimum Gasteiger partial charge on any atom is -0.453 e. The number of fused-ring (bicyclic) bond motifs is 2. The van der Waals surface area contributed by atoms with Crippen LogP contribution in [0, 0.1) is 0 Å². The molecule has 1 N–H and O–H groups in total. The van der Waals surface area contributed by atoms with E-state index in [-0.39, 0.29) is 6.42 Å². The molecule has 0 saturated carbocycles. The predicted molar refractivity (Wildman–Crippen MR) is 146 cm³/mol. The topological polar surface area (TPSA) is 92.6 Å². The number of aromatic nitrogens is 2. The van der Waals surface area contributed by atoms with Crippen LogP contribution in [0.1, 0.15) is 38.3 Å². The van der Waals surface area contributed by atoms with Gasteiger partial charge in [0.2, 0.25) is 0 Å². The van der Waals surface area contributed by atoms with Gasteiger partial charge >= 0.3 is 0 Å². The van der Waals surface area contributed by atoms with Gasteiger partial charge in [-0.2, -0.15) is 8.42 Å². The van der Waals surface area contributed by atoms with Gasteiger partial charge in [0.15, 0.2) is 16.9 Å². The molecule has 4 aromatic rings. The molecule has 2 aromatic heterocycles. The van der Waals surface area contributed by atoms with Gasteiger partial charge in [0.25, 0.3) is 10.1 Å². The van der Waals surface area contributed by atoms with E-state index in [2.05, 4.69) is 23.8 Å². The molecule has 190 valence electrons. The third-order valence-corrected chi connectivity index (χ3v) is 7.96. The maximum atomic E-state index is 12.6. The Morgan fingerprint density at radius 2 is 1.41 bits per heavy atom. The zero-order valence-corrected chi connectivity index (χ0v) is 21.9. The normalized spacial score (nSPS) is 13.5. The quantitative estimate of drug-likeness (QED) is 0.270. The predicted octanol–water partition coefficient (Wildman–Crippen LogP) is 6.80. The highest BCUT2D eigenvalue weighted by molar-refractivity contribution is 7.86. The van der Waals surface area contributed by atoms with E-state index in [1.165, 1.54) is 0 Å². The maximum absolute atomic E-state index is 12.6. The fourth-order valence-corrected chi connectivity index (χ4v) is 5.85. The molecule has 0 amide bonds. The molecule has 1 unspecified atom stereocenters. The summed E-state index contributed by atoms with van der Waals surface area (Å²) in [4.78, 5) is 10.8. The third-order valence-electron chi connectivity index (χ3n) is 6.73. The van der Waals surface area contributed by atoms with Crippen molar-refractivity contribution in [3.05, 3.63) is 84.2 Å². The molecule has 2 aromatic carbocycles. The average Bonchev–Trinajstić information content (AvgIpc) is 2.91. The molecule has 0 radical (unpaired) electrons. The van der Waals surface area contributed by atoms with E-state index in [1.54, 1.807) is 24.2 Å². The van der Waals surface area contributed by atoms with Gasteiger partial charge < -0.3 is 9.64 Å². The minimum atomic E-state index is -4.42. The molecule has 7 nitrogen and oxygen atoms in total. The van der Waals surface area contributed by atoms with Gasteiger partial charge in [-0.15, -0.1) is 0 Å². The molecule has 0 spiro atoms. The van der Waals surface area contributed by atoms with E-state index in [1.807, 2.05) is 60.7 Å². The fraction of sp³-hybridized carbons (Fsp3) is 0.241. The van der Waals surface area contributed by atoms with Crippen LogP contribution in [0.3, 0.4) is 0 Å². The molecule has 1 aliphatic heterocycles. The largest absolute Gasteiger partial charge is 0.453 e. The van der Waals surface area contributed by atoms with Crippen LogP contribution in [0.5, 0.6) is 11.5 Å². The summed E-state index contributed by atoms with van der Waals surface area (Å²) in [5, 5.41) is -1.19. The lowest BCUT2D eigenvalue weighted by molar-refractivity contribution is 0.452. The Labute approximate surface area is 217 Å². The maximum Gasteiger partial charge on any atom is 0.286 e. The lowest BCUT2D eigenvalue weighted by atomic mass is 10.0. The lowest BCUT2D eigenvalue weighted by Gasteiger charge is -2.37. The number of pyridine rings is 2. The second-order valence-electron chi connectivity index (χ2n) is 8.94. The van der Waals surface area contributed by atoms with Gasteiger partial charge in [-0.3, -0.25) is 14.5 Å². The Morgan fingerprint density at radius 1 is 0.811 bits per heavy atom. The van der Waals surface area contributed by atoms with Crippen LogP contribution in [0.15, 0.2) is 73.1 Å². The summed E-state index contributed by atoms with van der Waals surface area (Å²) in [6.07, 6.45) is 5.31. The van der Waals surface area contributed by atoms with Crippen LogP contribution in [-0.4, -0.2) is 28.3 Å². The van der Waals surface area contributed by atoms with Crippen molar-refractivity contribution in [1.82, 2.24) is 9.97 Å². The van der Waals surface area contributed by atoms with Gasteiger partial charge in [-0.25, -0.2) is 0 Å². The molecule has 1 atom stereocenters. The van der Waals surface area contributed by atoms with Gasteiger partial charge in [0, 0.05) is 23.5 Å². The van der Waals surface area contributed by atoms with Crippen molar-refractivity contribution in [2.45, 2.75) is 45.4 Å². The first-order valence-corrected chi connectivity index (χ1v) is 14.0. The van der Waals surface area contributed by atoms with Crippen molar-refractivity contribution in [3.8, 4) is 34.0 Å². The van der Waals surface area contributed by atoms with Gasteiger partial charge in [0.1, 0.15) is 0 Å². The molecular formula is C29H29N3O4S. The van der Waals surface area contributed by atoms with Gasteiger partial charge in [-0.05, 0) is 72.9 Å². The second-order valence-corrected chi connectivity index (χ2v) is 10.5. The van der Waals surface area contributed by atoms with Gasteiger partial charge in [-0.1, -0.05) is 39.0 Å². The van der Waals surface area contributed by atoms with Crippen molar-refractivity contribution in [2.75, 3.05) is 4.90 Å². The summed E-state index contributed by atoms with van der Waals surface area (Å²) in [5.74, 6) is 1.00. The summed E-state index contributed by atoms with van der Waals surface area (Å²) < 4.78 is 41.7. The zero-order chi connectivity index (χ0) is 26.2. The van der Waals surface area contributed by atoms with E-state index in [0.717, 1.165) is 46.5 Å². The van der Waals surface area contributed by atoms with Crippen LogP contribution >= 0.6 is 0 Å². The van der Waals surface area contributed by atoms with E-state index in [9.17, 15) is 13.0 Å². The molecule has 1 aliphatic rings. The first kappa shape index (κ1) is 24.9. The minimum absolute atomic E-state index is 0.174. The smallest absolute Gasteiger partial charge is 0.286 e. The molecular weight excluding hydrogens is 486 g/mol. The van der Waals surface area contributed by atoms with Crippen molar-refractivity contribution in [2.24, 2.45) is 0 Å². The summed E-state index contributed by atoms with van der Waals surface area (Å²) >= 11 is 0. The standard InChI is InChI=1S/C29H29N3O4S/c1-4-19-9-7-15-30-28(19)21-12-14-25-24(17-21)32(27(6-3)37(33,34)35)23-13-11-22(18-26(23)36-25)29-20(5-2)10-8-16-31-29/h7-18,27H,4-6H2,1-3H3,(H,33,34,35). The number of hydrogen-bond acceptors (Lipinski definition) is 6. The van der Waals surface area contributed by atoms with Crippen molar-refractivity contribution < 1.29 is 17.7 Å². The molecule has 0 fully saturated rings. The Balaban J connectivity index is 1.69. The molecule has 8 heteroatoms. The molecule has 37 heavy (non-hydrogen) atoms. The van der Waals surface area contributed by atoms with E-state index in [0.29, 0.717) is 22.9 Å². The first-order valence-electron chi connectivity index (χ1n) is 12.5. The van der Waals surface area contributed by atoms with Crippen molar-refractivity contribution in [1.29, 1.82) is 0 Å². The Bertz CT molecular complexity index is 1570. The molecule has 5 rings (SSSR count). The van der Waals surface area contributed by atoms with E-state index >= 15 is 0 Å². The van der Waals surface area contributed by atoms with Crippen molar-refractivity contribution >= 4 is 21.5 Å². The monoisotopic (exact) mass is 515 g/mol. The Morgan fingerprint density at radius 3 is 1.97 bits per heavy atom. The van der Waals surface area contributed by atoms with Crippen molar-refractivity contribution in [3.63, 3.8) is 0 Å². The van der Waals surface area contributed by atoms with E-state index < -0.39 is 15.5 Å². The number of hydrogen-bond donors (Lipinski definition) is 1. The zero-order valence-electron chi connectivity index (χ0n) is 21.0. The Kier molecular flexibility index (Phi) is 6.70. The van der Waals surface area contributed by atoms with Crippen LogP contribution in [0.4, 0.5) is 11.4 Å². The van der Waals surface area contributed by atoms with Crippen LogP contribution in [-0.2, 0) is 23.0 Å². The number of rotatable bonds is 7. The third kappa shape index (κ3) is 4.58.